The monoisotopic (exact) mass is 317 g/mol. The van der Waals surface area contributed by atoms with E-state index in [1.165, 1.54) is 20.3 Å². The molecule has 0 aliphatic carbocycles. The summed E-state index contributed by atoms with van der Waals surface area (Å²) in [5.41, 5.74) is 0.621. The molecule has 0 bridgehead atoms. The molecule has 0 fully saturated rings. The van der Waals surface area contributed by atoms with E-state index >= 15 is 0 Å². The Hall–Kier alpha value is -1.30. The van der Waals surface area contributed by atoms with E-state index in [9.17, 15) is 10.1 Å². The van der Waals surface area contributed by atoms with Gasteiger partial charge in [0.1, 0.15) is 0 Å². The molecule has 100 valence electrons. The summed E-state index contributed by atoms with van der Waals surface area (Å²) in [4.78, 5) is 10.6. The van der Waals surface area contributed by atoms with E-state index < -0.39 is 4.92 Å². The van der Waals surface area contributed by atoms with E-state index in [-0.39, 0.29) is 16.4 Å². The lowest BCUT2D eigenvalue weighted by atomic mass is 10.0. The lowest BCUT2D eigenvalue weighted by Crippen LogP contribution is -2.05. The first-order valence-corrected chi connectivity index (χ1v) is 6.38. The molecule has 1 aromatic rings. The van der Waals surface area contributed by atoms with Crippen LogP contribution in [-0.2, 0) is 0 Å². The standard InChI is InChI=1S/C12H16BrNO4/c1-7(2)12(13)8-5-10(17-3)11(18-4)6-9(8)14(15)16/h5-7,12H,1-4H3. The Labute approximate surface area is 114 Å². The molecule has 0 radical (unpaired) electrons. The van der Waals surface area contributed by atoms with Crippen molar-refractivity contribution < 1.29 is 14.4 Å². The van der Waals surface area contributed by atoms with Crippen LogP contribution in [0.25, 0.3) is 0 Å². The van der Waals surface area contributed by atoms with E-state index in [2.05, 4.69) is 15.9 Å². The van der Waals surface area contributed by atoms with E-state index in [1.807, 2.05) is 13.8 Å². The Morgan fingerprint density at radius 2 is 1.72 bits per heavy atom. The minimum Gasteiger partial charge on any atom is -0.493 e. The van der Waals surface area contributed by atoms with Crippen molar-refractivity contribution >= 4 is 21.6 Å². The van der Waals surface area contributed by atoms with Crippen LogP contribution in [0.3, 0.4) is 0 Å². The van der Waals surface area contributed by atoms with E-state index in [0.717, 1.165) is 0 Å². The number of halogens is 1. The molecule has 0 aliphatic heterocycles. The van der Waals surface area contributed by atoms with Crippen LogP contribution in [0, 0.1) is 16.0 Å². The number of nitrogens with zero attached hydrogens (tertiary/aromatic N) is 1. The van der Waals surface area contributed by atoms with Crippen molar-refractivity contribution in [2.75, 3.05) is 14.2 Å². The SMILES string of the molecule is COc1cc(C(Br)C(C)C)c([N+](=O)[O-])cc1OC. The molecule has 1 rings (SSSR count). The van der Waals surface area contributed by atoms with Crippen molar-refractivity contribution in [3.05, 3.63) is 27.8 Å². The number of rotatable bonds is 5. The Bertz CT molecular complexity index is 448. The molecule has 0 aromatic heterocycles. The largest absolute Gasteiger partial charge is 0.493 e. The molecule has 1 atom stereocenters. The normalized spacial score (nSPS) is 12.3. The third kappa shape index (κ3) is 2.93. The maximum absolute atomic E-state index is 11.1. The lowest BCUT2D eigenvalue weighted by molar-refractivity contribution is -0.385. The molecule has 5 nitrogen and oxygen atoms in total. The number of alkyl halides is 1. The zero-order valence-electron chi connectivity index (χ0n) is 10.8. The summed E-state index contributed by atoms with van der Waals surface area (Å²) in [7, 11) is 2.96. The molecule has 0 saturated heterocycles. The fraction of sp³-hybridized carbons (Fsp3) is 0.500. The quantitative estimate of drug-likeness (QED) is 0.472. The summed E-state index contributed by atoms with van der Waals surface area (Å²) in [5.74, 6) is 1.07. The summed E-state index contributed by atoms with van der Waals surface area (Å²) < 4.78 is 10.3. The molecule has 0 heterocycles. The van der Waals surface area contributed by atoms with Gasteiger partial charge < -0.3 is 9.47 Å². The molecule has 1 unspecified atom stereocenters. The molecular formula is C12H16BrNO4. The van der Waals surface area contributed by atoms with Crippen LogP contribution in [-0.4, -0.2) is 19.1 Å². The summed E-state index contributed by atoms with van der Waals surface area (Å²) >= 11 is 3.48. The van der Waals surface area contributed by atoms with Gasteiger partial charge in [0, 0.05) is 10.4 Å². The number of hydrogen-bond acceptors (Lipinski definition) is 4. The first-order chi connectivity index (χ1) is 8.42. The lowest BCUT2D eigenvalue weighted by Gasteiger charge is -2.16. The highest BCUT2D eigenvalue weighted by atomic mass is 79.9. The predicted octanol–water partition coefficient (Wildman–Crippen LogP) is 3.70. The van der Waals surface area contributed by atoms with Crippen LogP contribution in [0.15, 0.2) is 12.1 Å². The predicted molar refractivity (Wildman–Crippen MR) is 72.7 cm³/mol. The number of ether oxygens (including phenoxy) is 2. The summed E-state index contributed by atoms with van der Waals surface area (Å²) in [6.07, 6.45) is 0. The van der Waals surface area contributed by atoms with E-state index in [0.29, 0.717) is 17.1 Å². The fourth-order valence-corrected chi connectivity index (χ4v) is 1.99. The zero-order chi connectivity index (χ0) is 13.9. The Balaban J connectivity index is 3.42. The first kappa shape index (κ1) is 14.8. The van der Waals surface area contributed by atoms with Gasteiger partial charge in [0.2, 0.25) is 0 Å². The number of nitro benzene ring substituents is 1. The van der Waals surface area contributed by atoms with Gasteiger partial charge >= 0.3 is 0 Å². The third-order valence-electron chi connectivity index (χ3n) is 2.61. The maximum Gasteiger partial charge on any atom is 0.277 e. The van der Waals surface area contributed by atoms with Crippen LogP contribution in [0.1, 0.15) is 24.2 Å². The molecule has 1 aromatic carbocycles. The van der Waals surface area contributed by atoms with Crippen molar-refractivity contribution in [1.29, 1.82) is 0 Å². The Morgan fingerprint density at radius 1 is 1.22 bits per heavy atom. The van der Waals surface area contributed by atoms with Crippen LogP contribution in [0.4, 0.5) is 5.69 Å². The van der Waals surface area contributed by atoms with Crippen molar-refractivity contribution in [3.63, 3.8) is 0 Å². The van der Waals surface area contributed by atoms with Crippen LogP contribution < -0.4 is 9.47 Å². The minimum absolute atomic E-state index is 0.0308. The van der Waals surface area contributed by atoms with Gasteiger partial charge in [-0.25, -0.2) is 0 Å². The van der Waals surface area contributed by atoms with Gasteiger partial charge in [-0.15, -0.1) is 0 Å². The average Bonchev–Trinajstić information content (AvgIpc) is 2.35. The van der Waals surface area contributed by atoms with Crippen molar-refractivity contribution in [1.82, 2.24) is 0 Å². The Kier molecular flexibility index (Phi) is 4.95. The molecule has 0 aliphatic rings. The summed E-state index contributed by atoms with van der Waals surface area (Å²) in [6, 6.07) is 3.04. The molecule has 6 heteroatoms. The zero-order valence-corrected chi connectivity index (χ0v) is 12.4. The van der Waals surface area contributed by atoms with Crippen molar-refractivity contribution in [2.45, 2.75) is 18.7 Å². The second kappa shape index (κ2) is 6.04. The van der Waals surface area contributed by atoms with Gasteiger partial charge in [0.25, 0.3) is 5.69 Å². The van der Waals surface area contributed by atoms with Gasteiger partial charge in [0.15, 0.2) is 11.5 Å². The second-order valence-electron chi connectivity index (χ2n) is 4.17. The average molecular weight is 318 g/mol. The number of benzene rings is 1. The molecule has 18 heavy (non-hydrogen) atoms. The van der Waals surface area contributed by atoms with Gasteiger partial charge in [-0.05, 0) is 12.0 Å². The fourth-order valence-electron chi connectivity index (χ4n) is 1.62. The smallest absolute Gasteiger partial charge is 0.277 e. The van der Waals surface area contributed by atoms with Crippen LogP contribution in [0.5, 0.6) is 11.5 Å². The highest BCUT2D eigenvalue weighted by molar-refractivity contribution is 9.09. The molecule has 0 spiro atoms. The highest BCUT2D eigenvalue weighted by Crippen LogP contribution is 2.42. The van der Waals surface area contributed by atoms with Crippen LogP contribution >= 0.6 is 15.9 Å². The van der Waals surface area contributed by atoms with E-state index in [4.69, 9.17) is 9.47 Å². The van der Waals surface area contributed by atoms with Gasteiger partial charge in [0.05, 0.1) is 25.2 Å². The molecule has 0 N–H and O–H groups in total. The summed E-state index contributed by atoms with van der Waals surface area (Å²) in [5, 5.41) is 11.1. The van der Waals surface area contributed by atoms with Crippen molar-refractivity contribution in [2.24, 2.45) is 5.92 Å². The maximum atomic E-state index is 11.1. The molecular weight excluding hydrogens is 302 g/mol. The Morgan fingerprint density at radius 3 is 2.11 bits per heavy atom. The second-order valence-corrected chi connectivity index (χ2v) is 5.16. The highest BCUT2D eigenvalue weighted by Gasteiger charge is 2.25. The topological polar surface area (TPSA) is 61.6 Å². The molecule has 0 amide bonds. The van der Waals surface area contributed by atoms with Gasteiger partial charge in [-0.3, -0.25) is 10.1 Å². The first-order valence-electron chi connectivity index (χ1n) is 5.46. The summed E-state index contributed by atoms with van der Waals surface area (Å²) in [6.45, 7) is 3.97. The van der Waals surface area contributed by atoms with Crippen LogP contribution in [0.2, 0.25) is 0 Å². The third-order valence-corrected chi connectivity index (χ3v) is 4.16. The minimum atomic E-state index is -0.409. The molecule has 0 saturated carbocycles. The number of nitro groups is 1. The van der Waals surface area contributed by atoms with Crippen molar-refractivity contribution in [3.8, 4) is 11.5 Å². The van der Waals surface area contributed by atoms with Gasteiger partial charge in [-0.2, -0.15) is 0 Å². The number of hydrogen-bond donors (Lipinski definition) is 0. The van der Waals surface area contributed by atoms with Gasteiger partial charge in [-0.1, -0.05) is 29.8 Å². The van der Waals surface area contributed by atoms with E-state index in [1.54, 1.807) is 6.07 Å². The number of methoxy groups -OCH3 is 2.